The Morgan fingerprint density at radius 3 is 2.33 bits per heavy atom. The van der Waals surface area contributed by atoms with Crippen molar-refractivity contribution in [3.63, 3.8) is 0 Å². The number of nitrogens with two attached hydrogens (primary N) is 1. The van der Waals surface area contributed by atoms with E-state index in [4.69, 9.17) is 5.73 Å². The van der Waals surface area contributed by atoms with Gasteiger partial charge in [-0.3, -0.25) is 0 Å². The lowest BCUT2D eigenvalue weighted by Gasteiger charge is -2.08. The van der Waals surface area contributed by atoms with Crippen molar-refractivity contribution >= 4 is 0 Å². The molecule has 0 amide bonds. The topological polar surface area (TPSA) is 26.0 Å². The highest BCUT2D eigenvalue weighted by Crippen LogP contribution is 2.01. The fourth-order valence-corrected chi connectivity index (χ4v) is 0.526. The van der Waals surface area contributed by atoms with E-state index in [2.05, 4.69) is 26.0 Å². The van der Waals surface area contributed by atoms with Crippen LogP contribution in [0.4, 0.5) is 0 Å². The number of rotatable bonds is 3. The first-order chi connectivity index (χ1) is 4.18. The Morgan fingerprint density at radius 1 is 1.44 bits per heavy atom. The molecule has 2 N–H and O–H groups in total. The van der Waals surface area contributed by atoms with Gasteiger partial charge in [-0.2, -0.15) is 0 Å². The largest absolute Gasteiger partial charge is 0.327 e. The zero-order chi connectivity index (χ0) is 7.28. The lowest BCUT2D eigenvalue weighted by atomic mass is 10.0. The smallest absolute Gasteiger partial charge is 0.00707 e. The number of hydrogen-bond donors (Lipinski definition) is 1. The summed E-state index contributed by atoms with van der Waals surface area (Å²) in [5.74, 6) is 0.518. The summed E-state index contributed by atoms with van der Waals surface area (Å²) in [5, 5.41) is 0. The van der Waals surface area contributed by atoms with Gasteiger partial charge in [-0.05, 0) is 19.3 Å². The molecule has 1 heteroatoms. The second-order valence-electron chi connectivity index (χ2n) is 2.55. The lowest BCUT2D eigenvalue weighted by Crippen LogP contribution is -2.22. The van der Waals surface area contributed by atoms with Crippen molar-refractivity contribution in [2.45, 2.75) is 33.2 Å². The fourth-order valence-electron chi connectivity index (χ4n) is 0.526. The first-order valence-corrected chi connectivity index (χ1v) is 3.60. The van der Waals surface area contributed by atoms with Crippen LogP contribution in [0.2, 0.25) is 0 Å². The molecule has 0 fully saturated rings. The van der Waals surface area contributed by atoms with E-state index in [1.807, 2.05) is 6.92 Å². The maximum atomic E-state index is 5.63. The van der Waals surface area contributed by atoms with E-state index in [0.29, 0.717) is 5.92 Å². The standard InChI is InChI=1S/C8H17N/c1-4-5-6-7(2)8(3)9/h5-8H,4,9H2,1-3H3/b6-5-. The molecule has 0 aliphatic carbocycles. The summed E-state index contributed by atoms with van der Waals surface area (Å²) in [7, 11) is 0. The molecule has 1 nitrogen and oxygen atoms in total. The van der Waals surface area contributed by atoms with Crippen LogP contribution >= 0.6 is 0 Å². The predicted octanol–water partition coefficient (Wildman–Crippen LogP) is 1.94. The van der Waals surface area contributed by atoms with E-state index in [0.717, 1.165) is 6.42 Å². The van der Waals surface area contributed by atoms with Crippen LogP contribution in [0.1, 0.15) is 27.2 Å². The van der Waals surface area contributed by atoms with Crippen LogP contribution in [0.25, 0.3) is 0 Å². The van der Waals surface area contributed by atoms with Crippen molar-refractivity contribution < 1.29 is 0 Å². The van der Waals surface area contributed by atoms with E-state index in [9.17, 15) is 0 Å². The summed E-state index contributed by atoms with van der Waals surface area (Å²) >= 11 is 0. The predicted molar refractivity (Wildman–Crippen MR) is 42.2 cm³/mol. The minimum absolute atomic E-state index is 0.285. The average molecular weight is 127 g/mol. The van der Waals surface area contributed by atoms with Crippen molar-refractivity contribution in [1.29, 1.82) is 0 Å². The van der Waals surface area contributed by atoms with Gasteiger partial charge < -0.3 is 5.73 Å². The molecular weight excluding hydrogens is 110 g/mol. The van der Waals surface area contributed by atoms with Gasteiger partial charge in [0, 0.05) is 6.04 Å². The van der Waals surface area contributed by atoms with Crippen molar-refractivity contribution in [2.24, 2.45) is 11.7 Å². The van der Waals surface area contributed by atoms with Gasteiger partial charge in [-0.15, -0.1) is 0 Å². The van der Waals surface area contributed by atoms with Crippen LogP contribution in [0.3, 0.4) is 0 Å². The van der Waals surface area contributed by atoms with E-state index >= 15 is 0 Å². The third kappa shape index (κ3) is 4.22. The Kier molecular flexibility index (Phi) is 4.41. The van der Waals surface area contributed by atoms with Gasteiger partial charge in [0.25, 0.3) is 0 Å². The molecule has 0 heterocycles. The maximum absolute atomic E-state index is 5.63. The summed E-state index contributed by atoms with van der Waals surface area (Å²) in [5.41, 5.74) is 5.63. The SMILES string of the molecule is CC/C=C\C(C)C(C)N. The molecule has 0 aliphatic rings. The minimum Gasteiger partial charge on any atom is -0.327 e. The van der Waals surface area contributed by atoms with Crippen LogP contribution in [-0.4, -0.2) is 6.04 Å². The van der Waals surface area contributed by atoms with Gasteiger partial charge in [0.2, 0.25) is 0 Å². The molecule has 0 aromatic heterocycles. The van der Waals surface area contributed by atoms with Crippen molar-refractivity contribution in [3.8, 4) is 0 Å². The van der Waals surface area contributed by atoms with Crippen molar-refractivity contribution in [1.82, 2.24) is 0 Å². The zero-order valence-electron chi connectivity index (χ0n) is 6.59. The summed E-state index contributed by atoms with van der Waals surface area (Å²) < 4.78 is 0. The van der Waals surface area contributed by atoms with Gasteiger partial charge in [0.15, 0.2) is 0 Å². The van der Waals surface area contributed by atoms with Crippen LogP contribution in [0.15, 0.2) is 12.2 Å². The third-order valence-electron chi connectivity index (χ3n) is 1.50. The highest BCUT2D eigenvalue weighted by atomic mass is 14.6. The Labute approximate surface area is 57.9 Å². The summed E-state index contributed by atoms with van der Waals surface area (Å²) in [6.07, 6.45) is 5.44. The molecule has 0 aromatic rings. The summed E-state index contributed by atoms with van der Waals surface area (Å²) in [6, 6.07) is 0.285. The number of hydrogen-bond acceptors (Lipinski definition) is 1. The van der Waals surface area contributed by atoms with E-state index in [1.165, 1.54) is 0 Å². The zero-order valence-corrected chi connectivity index (χ0v) is 6.59. The van der Waals surface area contributed by atoms with Crippen molar-refractivity contribution in [3.05, 3.63) is 12.2 Å². The second kappa shape index (κ2) is 4.57. The molecule has 2 atom stereocenters. The van der Waals surface area contributed by atoms with Crippen LogP contribution in [0, 0.1) is 5.92 Å². The molecule has 9 heavy (non-hydrogen) atoms. The molecule has 0 spiro atoms. The molecule has 0 rings (SSSR count). The monoisotopic (exact) mass is 127 g/mol. The highest BCUT2D eigenvalue weighted by molar-refractivity contribution is 4.88. The Morgan fingerprint density at radius 2 is 2.00 bits per heavy atom. The van der Waals surface area contributed by atoms with Crippen LogP contribution in [-0.2, 0) is 0 Å². The summed E-state index contributed by atoms with van der Waals surface area (Å²) in [4.78, 5) is 0. The van der Waals surface area contributed by atoms with Gasteiger partial charge in [0.1, 0.15) is 0 Å². The Bertz CT molecular complexity index is 84.6. The van der Waals surface area contributed by atoms with Crippen molar-refractivity contribution in [2.75, 3.05) is 0 Å². The summed E-state index contributed by atoms with van der Waals surface area (Å²) in [6.45, 7) is 6.30. The Balaban J connectivity index is 3.48. The molecule has 0 bridgehead atoms. The lowest BCUT2D eigenvalue weighted by molar-refractivity contribution is 0.581. The molecule has 0 saturated heterocycles. The first kappa shape index (κ1) is 8.70. The van der Waals surface area contributed by atoms with Gasteiger partial charge in [0.05, 0.1) is 0 Å². The van der Waals surface area contributed by atoms with E-state index in [-0.39, 0.29) is 6.04 Å². The molecular formula is C8H17N. The van der Waals surface area contributed by atoms with Gasteiger partial charge in [-0.1, -0.05) is 26.0 Å². The van der Waals surface area contributed by atoms with Crippen LogP contribution in [0.5, 0.6) is 0 Å². The minimum atomic E-state index is 0.285. The normalized spacial score (nSPS) is 18.2. The molecule has 2 unspecified atom stereocenters. The quantitative estimate of drug-likeness (QED) is 0.576. The Hall–Kier alpha value is -0.300. The molecule has 0 saturated carbocycles. The molecule has 54 valence electrons. The third-order valence-corrected chi connectivity index (χ3v) is 1.50. The maximum Gasteiger partial charge on any atom is 0.00707 e. The van der Waals surface area contributed by atoms with E-state index < -0.39 is 0 Å². The number of allylic oxidation sites excluding steroid dienone is 1. The first-order valence-electron chi connectivity index (χ1n) is 3.60. The average Bonchev–Trinajstić information content (AvgIpc) is 1.82. The fraction of sp³-hybridized carbons (Fsp3) is 0.750. The second-order valence-corrected chi connectivity index (χ2v) is 2.55. The molecule has 0 aromatic carbocycles. The van der Waals surface area contributed by atoms with Gasteiger partial charge in [-0.25, -0.2) is 0 Å². The molecule has 0 radical (unpaired) electrons. The highest BCUT2D eigenvalue weighted by Gasteiger charge is 2.00. The van der Waals surface area contributed by atoms with E-state index in [1.54, 1.807) is 0 Å². The molecule has 0 aliphatic heterocycles. The van der Waals surface area contributed by atoms with Crippen LogP contribution < -0.4 is 5.73 Å². The van der Waals surface area contributed by atoms with Gasteiger partial charge >= 0.3 is 0 Å².